The van der Waals surface area contributed by atoms with Crippen molar-refractivity contribution < 1.29 is 9.53 Å². The third kappa shape index (κ3) is 4.64. The van der Waals surface area contributed by atoms with E-state index >= 15 is 0 Å². The Morgan fingerprint density at radius 2 is 1.78 bits per heavy atom. The highest BCUT2D eigenvalue weighted by Crippen LogP contribution is 2.21. The number of aromatic nitrogens is 2. The summed E-state index contributed by atoms with van der Waals surface area (Å²) in [6.45, 7) is 8.34. The van der Waals surface area contributed by atoms with Gasteiger partial charge in [0.25, 0.3) is 11.5 Å². The highest BCUT2D eigenvalue weighted by Gasteiger charge is 2.22. The Balaban J connectivity index is 1.41. The van der Waals surface area contributed by atoms with E-state index in [0.717, 1.165) is 13.1 Å². The Labute approximate surface area is 192 Å². The van der Waals surface area contributed by atoms with E-state index in [2.05, 4.69) is 9.88 Å². The second-order valence-electron chi connectivity index (χ2n) is 7.84. The molecule has 0 atom stereocenters. The van der Waals surface area contributed by atoms with Crippen molar-refractivity contribution in [2.45, 2.75) is 20.4 Å². The number of rotatable bonds is 6. The highest BCUT2D eigenvalue weighted by atomic mass is 35.5. The van der Waals surface area contributed by atoms with Crippen LogP contribution >= 0.6 is 11.6 Å². The third-order valence-electron chi connectivity index (χ3n) is 5.83. The van der Waals surface area contributed by atoms with Gasteiger partial charge in [0, 0.05) is 49.9 Å². The third-order valence-corrected chi connectivity index (χ3v) is 6.08. The molecule has 0 aliphatic carbocycles. The Morgan fingerprint density at radius 1 is 1.06 bits per heavy atom. The van der Waals surface area contributed by atoms with E-state index in [1.807, 2.05) is 36.9 Å². The minimum absolute atomic E-state index is 0.0237. The first-order valence-electron chi connectivity index (χ1n) is 10.9. The zero-order valence-corrected chi connectivity index (χ0v) is 19.1. The zero-order chi connectivity index (χ0) is 22.7. The van der Waals surface area contributed by atoms with Crippen molar-refractivity contribution >= 4 is 28.4 Å². The first kappa shape index (κ1) is 22.3. The number of halogens is 1. The summed E-state index contributed by atoms with van der Waals surface area (Å²) in [6.07, 6.45) is 0. The van der Waals surface area contributed by atoms with Crippen LogP contribution in [0.15, 0.2) is 47.3 Å². The molecular weight excluding hydrogens is 428 g/mol. The normalized spacial score (nSPS) is 14.7. The first-order chi connectivity index (χ1) is 15.5. The van der Waals surface area contributed by atoms with E-state index < -0.39 is 0 Å². The van der Waals surface area contributed by atoms with Crippen LogP contribution in [-0.4, -0.2) is 64.6 Å². The zero-order valence-electron chi connectivity index (χ0n) is 18.4. The van der Waals surface area contributed by atoms with E-state index in [1.54, 1.807) is 28.8 Å². The summed E-state index contributed by atoms with van der Waals surface area (Å²) >= 11 is 5.92. The molecule has 3 aromatic rings. The fourth-order valence-electron chi connectivity index (χ4n) is 4.07. The molecule has 0 unspecified atom stereocenters. The molecular formula is C24H27ClN4O3. The topological polar surface area (TPSA) is 67.7 Å². The molecule has 1 aliphatic heterocycles. The smallest absolute Gasteiger partial charge is 0.265 e. The summed E-state index contributed by atoms with van der Waals surface area (Å²) in [5.74, 6) is 1.29. The standard InChI is InChI=1S/C24H27ClN4O3/c1-3-32-21-6-4-5-20-22(21)24(31)29(17(2)26-20)16-13-27-11-14-28(15-12-27)23(30)18-7-9-19(25)10-8-18/h4-10H,3,11-16H2,1-2H3. The average Bonchev–Trinajstić information content (AvgIpc) is 2.79. The van der Waals surface area contributed by atoms with Crippen LogP contribution in [0.5, 0.6) is 5.75 Å². The lowest BCUT2D eigenvalue weighted by Gasteiger charge is -2.35. The largest absolute Gasteiger partial charge is 0.493 e. The quantitative estimate of drug-likeness (QED) is 0.572. The van der Waals surface area contributed by atoms with E-state index in [9.17, 15) is 9.59 Å². The van der Waals surface area contributed by atoms with Crippen LogP contribution in [0.25, 0.3) is 10.9 Å². The minimum Gasteiger partial charge on any atom is -0.493 e. The molecule has 7 nitrogen and oxygen atoms in total. The molecule has 4 rings (SSSR count). The van der Waals surface area contributed by atoms with Crippen LogP contribution in [0.4, 0.5) is 0 Å². The molecule has 0 bridgehead atoms. The first-order valence-corrected chi connectivity index (χ1v) is 11.3. The van der Waals surface area contributed by atoms with Gasteiger partial charge in [0.05, 0.1) is 12.1 Å². The molecule has 0 spiro atoms. The second-order valence-corrected chi connectivity index (χ2v) is 8.28. The second kappa shape index (κ2) is 9.71. The van der Waals surface area contributed by atoms with Crippen molar-refractivity contribution in [3.05, 3.63) is 69.2 Å². The van der Waals surface area contributed by atoms with Gasteiger partial charge in [-0.05, 0) is 50.2 Å². The molecule has 2 aromatic carbocycles. The van der Waals surface area contributed by atoms with Crippen molar-refractivity contribution in [2.24, 2.45) is 0 Å². The molecule has 1 aliphatic rings. The van der Waals surface area contributed by atoms with Gasteiger partial charge >= 0.3 is 0 Å². The number of hydrogen-bond acceptors (Lipinski definition) is 5. The average molecular weight is 455 g/mol. The summed E-state index contributed by atoms with van der Waals surface area (Å²) in [6, 6.07) is 12.5. The Morgan fingerprint density at radius 3 is 2.47 bits per heavy atom. The van der Waals surface area contributed by atoms with Gasteiger partial charge in [-0.3, -0.25) is 19.1 Å². The molecule has 1 amide bonds. The van der Waals surface area contributed by atoms with Crippen LogP contribution in [0, 0.1) is 6.92 Å². The van der Waals surface area contributed by atoms with Crippen LogP contribution < -0.4 is 10.3 Å². The number of amides is 1. The van der Waals surface area contributed by atoms with Gasteiger partial charge in [-0.25, -0.2) is 4.98 Å². The maximum absolute atomic E-state index is 13.2. The number of ether oxygens (including phenoxy) is 1. The number of nitrogens with zero attached hydrogens (tertiary/aromatic N) is 4. The van der Waals surface area contributed by atoms with Gasteiger partial charge in [0.1, 0.15) is 17.0 Å². The van der Waals surface area contributed by atoms with E-state index in [4.69, 9.17) is 16.3 Å². The van der Waals surface area contributed by atoms with Gasteiger partial charge in [-0.1, -0.05) is 17.7 Å². The molecule has 0 saturated carbocycles. The highest BCUT2D eigenvalue weighted by molar-refractivity contribution is 6.30. The predicted molar refractivity (Wildman–Crippen MR) is 126 cm³/mol. The molecule has 0 N–H and O–H groups in total. The molecule has 2 heterocycles. The summed E-state index contributed by atoms with van der Waals surface area (Å²) in [5.41, 5.74) is 1.23. The number of carbonyl (C=O) groups excluding carboxylic acids is 1. The van der Waals surface area contributed by atoms with Gasteiger partial charge in [-0.15, -0.1) is 0 Å². The molecule has 1 saturated heterocycles. The lowest BCUT2D eigenvalue weighted by Crippen LogP contribution is -2.49. The fraction of sp³-hybridized carbons (Fsp3) is 0.375. The molecule has 32 heavy (non-hydrogen) atoms. The molecule has 168 valence electrons. The van der Waals surface area contributed by atoms with Crippen LogP contribution in [0.1, 0.15) is 23.1 Å². The van der Waals surface area contributed by atoms with Crippen LogP contribution in [-0.2, 0) is 6.54 Å². The summed E-state index contributed by atoms with van der Waals surface area (Å²) in [4.78, 5) is 34.7. The monoisotopic (exact) mass is 454 g/mol. The van der Waals surface area contributed by atoms with Gasteiger partial charge in [-0.2, -0.15) is 0 Å². The molecule has 0 radical (unpaired) electrons. The van der Waals surface area contributed by atoms with Gasteiger partial charge in [0.15, 0.2) is 0 Å². The molecule has 1 fully saturated rings. The summed E-state index contributed by atoms with van der Waals surface area (Å²) in [7, 11) is 0. The lowest BCUT2D eigenvalue weighted by atomic mass is 10.2. The fourth-order valence-corrected chi connectivity index (χ4v) is 4.20. The van der Waals surface area contributed by atoms with Crippen molar-refractivity contribution in [3.63, 3.8) is 0 Å². The predicted octanol–water partition coefficient (Wildman–Crippen LogP) is 3.22. The van der Waals surface area contributed by atoms with Gasteiger partial charge < -0.3 is 9.64 Å². The Hall–Kier alpha value is -2.90. The minimum atomic E-state index is -0.0758. The van der Waals surface area contributed by atoms with Crippen molar-refractivity contribution in [2.75, 3.05) is 39.3 Å². The van der Waals surface area contributed by atoms with E-state index in [-0.39, 0.29) is 11.5 Å². The Kier molecular flexibility index (Phi) is 6.77. The van der Waals surface area contributed by atoms with Crippen molar-refractivity contribution in [1.82, 2.24) is 19.4 Å². The van der Waals surface area contributed by atoms with Crippen molar-refractivity contribution in [1.29, 1.82) is 0 Å². The summed E-state index contributed by atoms with van der Waals surface area (Å²) in [5, 5.41) is 1.15. The maximum atomic E-state index is 13.2. The Bertz CT molecular complexity index is 1170. The van der Waals surface area contributed by atoms with Crippen LogP contribution in [0.2, 0.25) is 5.02 Å². The number of fused-ring (bicyclic) bond motifs is 1. The summed E-state index contributed by atoms with van der Waals surface area (Å²) < 4.78 is 7.38. The van der Waals surface area contributed by atoms with Gasteiger partial charge in [0.2, 0.25) is 0 Å². The number of carbonyl (C=O) groups is 1. The molecule has 1 aromatic heterocycles. The van der Waals surface area contributed by atoms with Crippen LogP contribution in [0.3, 0.4) is 0 Å². The lowest BCUT2D eigenvalue weighted by molar-refractivity contribution is 0.0632. The van der Waals surface area contributed by atoms with E-state index in [1.165, 1.54) is 0 Å². The number of aryl methyl sites for hydroxylation is 1. The number of benzene rings is 2. The van der Waals surface area contributed by atoms with E-state index in [0.29, 0.717) is 65.8 Å². The maximum Gasteiger partial charge on any atom is 0.265 e. The number of piperazine rings is 1. The SMILES string of the molecule is CCOc1cccc2nc(C)n(CCN3CCN(C(=O)c4ccc(Cl)cc4)CC3)c(=O)c12. The number of hydrogen-bond donors (Lipinski definition) is 0. The molecule has 8 heteroatoms. The van der Waals surface area contributed by atoms with Crippen molar-refractivity contribution in [3.8, 4) is 5.75 Å².